The lowest BCUT2D eigenvalue weighted by atomic mass is 10.1. The van der Waals surface area contributed by atoms with Crippen molar-refractivity contribution in [2.75, 3.05) is 6.79 Å². The van der Waals surface area contributed by atoms with Crippen LogP contribution in [0.4, 0.5) is 0 Å². The molecule has 0 saturated carbocycles. The molecule has 3 rings (SSSR count). The Morgan fingerprint density at radius 2 is 2.17 bits per heavy atom. The fourth-order valence-electron chi connectivity index (χ4n) is 1.83. The van der Waals surface area contributed by atoms with Gasteiger partial charge in [0.2, 0.25) is 6.79 Å². The summed E-state index contributed by atoms with van der Waals surface area (Å²) in [6.07, 6.45) is 3.62. The molecular formula is C14H10N2O2. The van der Waals surface area contributed by atoms with Crippen LogP contribution in [0.25, 0.3) is 11.6 Å². The number of nitrogens with one attached hydrogen (secondary N) is 1. The number of nitrogens with zero attached hydrogens (tertiary/aromatic N) is 1. The summed E-state index contributed by atoms with van der Waals surface area (Å²) in [6, 6.07) is 11.5. The van der Waals surface area contributed by atoms with Crippen molar-refractivity contribution >= 4 is 11.6 Å². The molecule has 1 aliphatic heterocycles. The highest BCUT2D eigenvalue weighted by molar-refractivity contribution is 5.89. The van der Waals surface area contributed by atoms with E-state index in [0.717, 1.165) is 17.0 Å². The van der Waals surface area contributed by atoms with E-state index >= 15 is 0 Å². The normalized spacial score (nSPS) is 13.4. The molecule has 4 nitrogen and oxygen atoms in total. The van der Waals surface area contributed by atoms with E-state index in [1.54, 1.807) is 6.08 Å². The van der Waals surface area contributed by atoms with E-state index in [1.165, 1.54) is 0 Å². The highest BCUT2D eigenvalue weighted by Gasteiger charge is 2.14. The van der Waals surface area contributed by atoms with Crippen LogP contribution >= 0.6 is 0 Å². The van der Waals surface area contributed by atoms with Gasteiger partial charge in [0.05, 0.1) is 11.6 Å². The Labute approximate surface area is 104 Å². The molecule has 2 aromatic rings. The molecule has 1 N–H and O–H groups in total. The molecule has 0 saturated heterocycles. The third-order valence-electron chi connectivity index (χ3n) is 2.73. The molecular weight excluding hydrogens is 228 g/mol. The van der Waals surface area contributed by atoms with Gasteiger partial charge in [0.15, 0.2) is 11.5 Å². The number of fused-ring (bicyclic) bond motifs is 1. The third-order valence-corrected chi connectivity index (χ3v) is 2.73. The molecule has 0 fully saturated rings. The maximum absolute atomic E-state index is 9.22. The molecule has 0 spiro atoms. The predicted molar refractivity (Wildman–Crippen MR) is 66.8 cm³/mol. The fraction of sp³-hybridized carbons (Fsp3) is 0.0714. The summed E-state index contributed by atoms with van der Waals surface area (Å²) < 4.78 is 10.5. The second-order valence-electron chi connectivity index (χ2n) is 3.86. The van der Waals surface area contributed by atoms with Gasteiger partial charge in [0.25, 0.3) is 0 Å². The van der Waals surface area contributed by atoms with Gasteiger partial charge in [-0.3, -0.25) is 0 Å². The van der Waals surface area contributed by atoms with Crippen molar-refractivity contribution in [3.63, 3.8) is 0 Å². The van der Waals surface area contributed by atoms with Crippen LogP contribution in [0.15, 0.2) is 36.5 Å². The van der Waals surface area contributed by atoms with Crippen LogP contribution in [0.2, 0.25) is 0 Å². The van der Waals surface area contributed by atoms with Crippen molar-refractivity contribution in [2.24, 2.45) is 0 Å². The van der Waals surface area contributed by atoms with Gasteiger partial charge in [-0.1, -0.05) is 0 Å². The second-order valence-corrected chi connectivity index (χ2v) is 3.86. The minimum absolute atomic E-state index is 0.237. The van der Waals surface area contributed by atoms with Crippen LogP contribution in [0.3, 0.4) is 0 Å². The van der Waals surface area contributed by atoms with Crippen LogP contribution in [0.1, 0.15) is 11.3 Å². The number of hydrogen-bond donors (Lipinski definition) is 1. The fourth-order valence-corrected chi connectivity index (χ4v) is 1.83. The maximum atomic E-state index is 9.22. The summed E-state index contributed by atoms with van der Waals surface area (Å²) >= 11 is 0. The van der Waals surface area contributed by atoms with E-state index in [0.29, 0.717) is 11.3 Å². The van der Waals surface area contributed by atoms with Crippen molar-refractivity contribution in [3.05, 3.63) is 47.8 Å². The molecule has 0 atom stereocenters. The van der Waals surface area contributed by atoms with Gasteiger partial charge in [0.1, 0.15) is 0 Å². The summed E-state index contributed by atoms with van der Waals surface area (Å²) in [5.74, 6) is 1.40. The summed E-state index contributed by atoms with van der Waals surface area (Å²) in [5, 5.41) is 9.22. The topological polar surface area (TPSA) is 58.0 Å². The highest BCUT2D eigenvalue weighted by atomic mass is 16.7. The predicted octanol–water partition coefficient (Wildman–Crippen LogP) is 2.81. The highest BCUT2D eigenvalue weighted by Crippen LogP contribution is 2.34. The van der Waals surface area contributed by atoms with Gasteiger partial charge >= 0.3 is 0 Å². The lowest BCUT2D eigenvalue weighted by Crippen LogP contribution is -1.92. The minimum atomic E-state index is 0.237. The molecule has 18 heavy (non-hydrogen) atoms. The van der Waals surface area contributed by atoms with Crippen LogP contribution in [0.5, 0.6) is 11.5 Å². The maximum Gasteiger partial charge on any atom is 0.231 e. The first kappa shape index (κ1) is 10.5. The Bertz CT molecular complexity index is 636. The minimum Gasteiger partial charge on any atom is -0.454 e. The Hall–Kier alpha value is -2.67. The molecule has 1 aliphatic rings. The molecule has 88 valence electrons. The van der Waals surface area contributed by atoms with E-state index in [2.05, 4.69) is 11.1 Å². The molecule has 0 radical (unpaired) electrons. The first-order chi connectivity index (χ1) is 8.86. The zero-order valence-corrected chi connectivity index (χ0v) is 9.51. The molecule has 0 bridgehead atoms. The van der Waals surface area contributed by atoms with Crippen molar-refractivity contribution in [3.8, 4) is 17.6 Å². The summed E-state index contributed by atoms with van der Waals surface area (Å²) in [4.78, 5) is 3.04. The third kappa shape index (κ3) is 1.82. The van der Waals surface area contributed by atoms with Crippen molar-refractivity contribution in [1.29, 1.82) is 5.26 Å². The Balaban J connectivity index is 2.00. The number of aromatic amines is 1. The van der Waals surface area contributed by atoms with E-state index in [-0.39, 0.29) is 6.79 Å². The molecule has 0 aliphatic carbocycles. The van der Waals surface area contributed by atoms with Crippen molar-refractivity contribution in [2.45, 2.75) is 0 Å². The average molecular weight is 238 g/mol. The van der Waals surface area contributed by atoms with Gasteiger partial charge < -0.3 is 14.5 Å². The number of hydrogen-bond acceptors (Lipinski definition) is 3. The number of ether oxygens (including phenoxy) is 2. The van der Waals surface area contributed by atoms with Gasteiger partial charge in [0, 0.05) is 11.9 Å². The lowest BCUT2D eigenvalue weighted by Gasteiger charge is -2.01. The number of aromatic nitrogens is 1. The second kappa shape index (κ2) is 4.30. The quantitative estimate of drug-likeness (QED) is 0.818. The zero-order valence-electron chi connectivity index (χ0n) is 9.51. The number of allylic oxidation sites excluding steroid dienone is 1. The molecule has 1 aromatic carbocycles. The van der Waals surface area contributed by atoms with Crippen LogP contribution in [-0.2, 0) is 0 Å². The Morgan fingerprint density at radius 1 is 1.28 bits per heavy atom. The largest absolute Gasteiger partial charge is 0.454 e. The van der Waals surface area contributed by atoms with E-state index in [1.807, 2.05) is 36.5 Å². The Morgan fingerprint density at radius 3 is 2.94 bits per heavy atom. The first-order valence-electron chi connectivity index (χ1n) is 5.52. The number of benzene rings is 1. The van der Waals surface area contributed by atoms with Crippen LogP contribution in [-0.4, -0.2) is 11.8 Å². The van der Waals surface area contributed by atoms with Gasteiger partial charge in [-0.25, -0.2) is 0 Å². The van der Waals surface area contributed by atoms with Gasteiger partial charge in [-0.2, -0.15) is 5.26 Å². The van der Waals surface area contributed by atoms with Crippen molar-refractivity contribution in [1.82, 2.24) is 4.98 Å². The summed E-state index contributed by atoms with van der Waals surface area (Å²) in [7, 11) is 0. The SMILES string of the molecule is N#C/C(=C/c1ccc[nH]1)c1ccc2c(c1)OCO2. The Kier molecular flexibility index (Phi) is 2.50. The lowest BCUT2D eigenvalue weighted by molar-refractivity contribution is 0.174. The molecule has 1 aromatic heterocycles. The van der Waals surface area contributed by atoms with Crippen LogP contribution < -0.4 is 9.47 Å². The standard InChI is InChI=1S/C14H10N2O2/c15-8-11(6-12-2-1-5-16-12)10-3-4-13-14(7-10)18-9-17-13/h1-7,16H,9H2/b11-6-. The van der Waals surface area contributed by atoms with Crippen molar-refractivity contribution < 1.29 is 9.47 Å². The number of nitriles is 1. The number of rotatable bonds is 2. The van der Waals surface area contributed by atoms with E-state index in [4.69, 9.17) is 9.47 Å². The number of H-pyrrole nitrogens is 1. The average Bonchev–Trinajstić information content (AvgIpc) is 3.06. The summed E-state index contributed by atoms with van der Waals surface area (Å²) in [6.45, 7) is 0.237. The zero-order chi connectivity index (χ0) is 12.4. The van der Waals surface area contributed by atoms with E-state index < -0.39 is 0 Å². The monoisotopic (exact) mass is 238 g/mol. The molecule has 0 unspecified atom stereocenters. The smallest absolute Gasteiger partial charge is 0.231 e. The van der Waals surface area contributed by atoms with Gasteiger partial charge in [-0.05, 0) is 42.0 Å². The molecule has 4 heteroatoms. The molecule has 2 heterocycles. The van der Waals surface area contributed by atoms with Crippen LogP contribution in [0, 0.1) is 11.3 Å². The van der Waals surface area contributed by atoms with E-state index in [9.17, 15) is 5.26 Å². The van der Waals surface area contributed by atoms with Gasteiger partial charge in [-0.15, -0.1) is 0 Å². The molecule has 0 amide bonds. The first-order valence-corrected chi connectivity index (χ1v) is 5.52. The summed E-state index contributed by atoms with van der Waals surface area (Å²) in [5.41, 5.74) is 2.29.